The van der Waals surface area contributed by atoms with Gasteiger partial charge in [0.15, 0.2) is 11.5 Å². The van der Waals surface area contributed by atoms with Gasteiger partial charge >= 0.3 is 0 Å². The van der Waals surface area contributed by atoms with Gasteiger partial charge in [-0.25, -0.2) is 0 Å². The third kappa shape index (κ3) is 5.26. The van der Waals surface area contributed by atoms with E-state index in [9.17, 15) is 0 Å². The predicted octanol–water partition coefficient (Wildman–Crippen LogP) is 5.00. The number of hydrogen-bond acceptors (Lipinski definition) is 3. The number of halogens is 1. The van der Waals surface area contributed by atoms with Crippen LogP contribution in [0.2, 0.25) is 0 Å². The van der Waals surface area contributed by atoms with Crippen molar-refractivity contribution >= 4 is 15.9 Å². The van der Waals surface area contributed by atoms with Crippen molar-refractivity contribution in [3.63, 3.8) is 0 Å². The van der Waals surface area contributed by atoms with Crippen LogP contribution in [0.25, 0.3) is 0 Å². The van der Waals surface area contributed by atoms with Crippen LogP contribution in [0, 0.1) is 6.92 Å². The Morgan fingerprint density at radius 1 is 0.909 bits per heavy atom. The van der Waals surface area contributed by atoms with Gasteiger partial charge in [-0.1, -0.05) is 28.1 Å². The van der Waals surface area contributed by atoms with E-state index in [1.807, 2.05) is 49.4 Å². The minimum atomic E-state index is 0.654. The molecule has 0 bridgehead atoms. The highest BCUT2D eigenvalue weighted by atomic mass is 79.9. The Labute approximate surface area is 140 Å². The summed E-state index contributed by atoms with van der Waals surface area (Å²) < 4.78 is 17.8. The molecule has 0 unspecified atom stereocenters. The molecule has 4 heteroatoms. The van der Waals surface area contributed by atoms with Crippen LogP contribution in [0.15, 0.2) is 46.9 Å². The summed E-state index contributed by atoms with van der Waals surface area (Å²) in [5, 5.41) is 0. The van der Waals surface area contributed by atoms with Crippen molar-refractivity contribution in [3.05, 3.63) is 52.5 Å². The van der Waals surface area contributed by atoms with E-state index in [-0.39, 0.29) is 0 Å². The molecule has 0 fully saturated rings. The fourth-order valence-electron chi connectivity index (χ4n) is 2.03. The molecule has 2 aromatic carbocycles. The van der Waals surface area contributed by atoms with Crippen molar-refractivity contribution in [1.29, 1.82) is 0 Å². The first-order valence-corrected chi connectivity index (χ1v) is 8.14. The lowest BCUT2D eigenvalue weighted by molar-refractivity contribution is 0.258. The lowest BCUT2D eigenvalue weighted by Gasteiger charge is -2.11. The van der Waals surface area contributed by atoms with E-state index in [0.29, 0.717) is 13.2 Å². The summed E-state index contributed by atoms with van der Waals surface area (Å²) in [6.07, 6.45) is 1.88. The number of aryl methyl sites for hydroxylation is 1. The molecule has 0 aliphatic carbocycles. The van der Waals surface area contributed by atoms with Crippen LogP contribution >= 0.6 is 15.9 Å². The zero-order valence-corrected chi connectivity index (χ0v) is 14.6. The van der Waals surface area contributed by atoms with Gasteiger partial charge in [0.05, 0.1) is 20.3 Å². The van der Waals surface area contributed by atoms with Gasteiger partial charge in [-0.05, 0) is 55.7 Å². The van der Waals surface area contributed by atoms with Crippen molar-refractivity contribution < 1.29 is 14.2 Å². The summed E-state index contributed by atoms with van der Waals surface area (Å²) in [5.41, 5.74) is 1.16. The molecule has 0 amide bonds. The van der Waals surface area contributed by atoms with Gasteiger partial charge in [-0.15, -0.1) is 0 Å². The average Bonchev–Trinajstić information content (AvgIpc) is 2.52. The largest absolute Gasteiger partial charge is 0.494 e. The number of benzene rings is 2. The summed E-state index contributed by atoms with van der Waals surface area (Å²) in [5.74, 6) is 2.46. The molecule has 0 N–H and O–H groups in total. The lowest BCUT2D eigenvalue weighted by Crippen LogP contribution is -2.03. The lowest BCUT2D eigenvalue weighted by atomic mass is 10.2. The van der Waals surface area contributed by atoms with Crippen molar-refractivity contribution in [2.45, 2.75) is 19.8 Å². The molecule has 0 aromatic heterocycles. The van der Waals surface area contributed by atoms with E-state index < -0.39 is 0 Å². The maximum Gasteiger partial charge on any atom is 0.161 e. The first kappa shape index (κ1) is 16.7. The molecule has 0 aliphatic rings. The zero-order valence-electron chi connectivity index (χ0n) is 13.0. The Hall–Kier alpha value is -1.68. The van der Waals surface area contributed by atoms with Crippen molar-refractivity contribution in [2.24, 2.45) is 0 Å². The van der Waals surface area contributed by atoms with Crippen LogP contribution in [0.1, 0.15) is 18.4 Å². The molecule has 2 rings (SSSR count). The van der Waals surface area contributed by atoms with Gasteiger partial charge < -0.3 is 14.2 Å². The second-order valence-electron chi connectivity index (χ2n) is 5.02. The molecular weight excluding hydrogens is 344 g/mol. The highest BCUT2D eigenvalue weighted by molar-refractivity contribution is 9.10. The van der Waals surface area contributed by atoms with Gasteiger partial charge in [0.1, 0.15) is 5.75 Å². The van der Waals surface area contributed by atoms with Gasteiger partial charge in [-0.2, -0.15) is 0 Å². The predicted molar refractivity (Wildman–Crippen MR) is 92.1 cm³/mol. The number of methoxy groups -OCH3 is 1. The van der Waals surface area contributed by atoms with E-state index >= 15 is 0 Å². The molecule has 0 saturated carbocycles. The average molecular weight is 365 g/mol. The minimum absolute atomic E-state index is 0.654. The SMILES string of the molecule is COc1cc(C)ccc1OCCCCOc1cccc(Br)c1. The van der Waals surface area contributed by atoms with E-state index in [1.165, 1.54) is 0 Å². The third-order valence-corrected chi connectivity index (χ3v) is 3.67. The summed E-state index contributed by atoms with van der Waals surface area (Å²) in [6, 6.07) is 13.8. The molecule has 0 radical (unpaired) electrons. The number of rotatable bonds is 8. The van der Waals surface area contributed by atoms with Crippen molar-refractivity contribution in [1.82, 2.24) is 0 Å². The molecule has 0 spiro atoms. The van der Waals surface area contributed by atoms with Gasteiger partial charge in [-0.3, -0.25) is 0 Å². The first-order valence-electron chi connectivity index (χ1n) is 7.35. The van der Waals surface area contributed by atoms with Crippen LogP contribution in [0.5, 0.6) is 17.2 Å². The van der Waals surface area contributed by atoms with Crippen LogP contribution in [-0.2, 0) is 0 Å². The number of ether oxygens (including phenoxy) is 3. The summed E-state index contributed by atoms with van der Waals surface area (Å²) in [6.45, 7) is 3.37. The molecule has 0 aliphatic heterocycles. The van der Waals surface area contributed by atoms with E-state index in [4.69, 9.17) is 14.2 Å². The quantitative estimate of drug-likeness (QED) is 0.616. The maximum absolute atomic E-state index is 5.77. The molecule has 0 saturated heterocycles. The Balaban J connectivity index is 1.67. The molecule has 0 heterocycles. The molecule has 0 atom stereocenters. The Morgan fingerprint density at radius 2 is 1.68 bits per heavy atom. The standard InChI is InChI=1S/C18H21BrO3/c1-14-8-9-17(18(12-14)20-2)22-11-4-3-10-21-16-7-5-6-15(19)13-16/h5-9,12-13H,3-4,10-11H2,1-2H3. The van der Waals surface area contributed by atoms with E-state index in [2.05, 4.69) is 15.9 Å². The highest BCUT2D eigenvalue weighted by Crippen LogP contribution is 2.27. The highest BCUT2D eigenvalue weighted by Gasteiger charge is 2.04. The summed E-state index contributed by atoms with van der Waals surface area (Å²) in [7, 11) is 1.66. The van der Waals surface area contributed by atoms with Gasteiger partial charge in [0, 0.05) is 4.47 Å². The summed E-state index contributed by atoms with van der Waals surface area (Å²) >= 11 is 3.43. The monoisotopic (exact) mass is 364 g/mol. The molecule has 3 nitrogen and oxygen atoms in total. The van der Waals surface area contributed by atoms with E-state index in [1.54, 1.807) is 7.11 Å². The molecule has 22 heavy (non-hydrogen) atoms. The number of hydrogen-bond donors (Lipinski definition) is 0. The fourth-order valence-corrected chi connectivity index (χ4v) is 2.41. The second kappa shape index (κ2) is 8.69. The van der Waals surface area contributed by atoms with Gasteiger partial charge in [0.25, 0.3) is 0 Å². The second-order valence-corrected chi connectivity index (χ2v) is 5.93. The third-order valence-electron chi connectivity index (χ3n) is 3.18. The van der Waals surface area contributed by atoms with Gasteiger partial charge in [0.2, 0.25) is 0 Å². The smallest absolute Gasteiger partial charge is 0.161 e. The van der Waals surface area contributed by atoms with Crippen molar-refractivity contribution in [3.8, 4) is 17.2 Å². The Bertz CT molecular complexity index is 599. The minimum Gasteiger partial charge on any atom is -0.494 e. The molecular formula is C18H21BrO3. The Morgan fingerprint density at radius 3 is 2.41 bits per heavy atom. The van der Waals surface area contributed by atoms with Crippen LogP contribution in [0.3, 0.4) is 0 Å². The topological polar surface area (TPSA) is 27.7 Å². The van der Waals surface area contributed by atoms with E-state index in [0.717, 1.165) is 40.1 Å². The molecule has 118 valence electrons. The normalized spacial score (nSPS) is 10.3. The first-order chi connectivity index (χ1) is 10.7. The van der Waals surface area contributed by atoms with Crippen LogP contribution in [-0.4, -0.2) is 20.3 Å². The summed E-state index contributed by atoms with van der Waals surface area (Å²) in [4.78, 5) is 0. The van der Waals surface area contributed by atoms with Crippen molar-refractivity contribution in [2.75, 3.05) is 20.3 Å². The van der Waals surface area contributed by atoms with Crippen LogP contribution in [0.4, 0.5) is 0 Å². The fraction of sp³-hybridized carbons (Fsp3) is 0.333. The Kier molecular flexibility index (Phi) is 6.59. The zero-order chi connectivity index (χ0) is 15.8. The maximum atomic E-state index is 5.77. The molecule has 2 aromatic rings. The van der Waals surface area contributed by atoms with Crippen LogP contribution < -0.4 is 14.2 Å². The number of unbranched alkanes of at least 4 members (excludes halogenated alkanes) is 1.